The summed E-state index contributed by atoms with van der Waals surface area (Å²) in [5, 5.41) is 0. The SMILES string of the molecule is CC(=O)c1ccc(-c2ncc(C3CC3)cn2)cc1. The van der Waals surface area contributed by atoms with Crippen LogP contribution in [0.25, 0.3) is 11.4 Å². The summed E-state index contributed by atoms with van der Waals surface area (Å²) in [5.74, 6) is 1.47. The summed E-state index contributed by atoms with van der Waals surface area (Å²) in [6, 6.07) is 7.41. The van der Waals surface area contributed by atoms with Crippen molar-refractivity contribution in [3.63, 3.8) is 0 Å². The minimum Gasteiger partial charge on any atom is -0.295 e. The van der Waals surface area contributed by atoms with Crippen LogP contribution in [0.4, 0.5) is 0 Å². The van der Waals surface area contributed by atoms with Crippen LogP contribution in [-0.4, -0.2) is 15.8 Å². The van der Waals surface area contributed by atoms with Crippen molar-refractivity contribution >= 4 is 5.78 Å². The molecule has 1 aliphatic rings. The summed E-state index contributed by atoms with van der Waals surface area (Å²) in [6.07, 6.45) is 6.35. The number of nitrogens with zero attached hydrogens (tertiary/aromatic N) is 2. The molecule has 0 spiro atoms. The second-order valence-electron chi connectivity index (χ2n) is 4.75. The van der Waals surface area contributed by atoms with Crippen molar-refractivity contribution in [3.05, 3.63) is 47.8 Å². The summed E-state index contributed by atoms with van der Waals surface area (Å²) < 4.78 is 0. The van der Waals surface area contributed by atoms with Gasteiger partial charge in [-0.3, -0.25) is 4.79 Å². The van der Waals surface area contributed by atoms with E-state index in [0.717, 1.165) is 11.4 Å². The third kappa shape index (κ3) is 2.16. The summed E-state index contributed by atoms with van der Waals surface area (Å²) in [5.41, 5.74) is 2.90. The highest BCUT2D eigenvalue weighted by atomic mass is 16.1. The normalized spacial score (nSPS) is 14.5. The van der Waals surface area contributed by atoms with Crippen LogP contribution in [0.3, 0.4) is 0 Å². The van der Waals surface area contributed by atoms with Crippen molar-refractivity contribution in [2.75, 3.05) is 0 Å². The van der Waals surface area contributed by atoms with Crippen molar-refractivity contribution in [3.8, 4) is 11.4 Å². The Morgan fingerprint density at radius 1 is 1.11 bits per heavy atom. The van der Waals surface area contributed by atoms with Crippen LogP contribution in [0.2, 0.25) is 0 Å². The zero-order valence-electron chi connectivity index (χ0n) is 10.3. The highest BCUT2D eigenvalue weighted by molar-refractivity contribution is 5.94. The number of carbonyl (C=O) groups is 1. The van der Waals surface area contributed by atoms with E-state index >= 15 is 0 Å². The standard InChI is InChI=1S/C15H14N2O/c1-10(18)11-2-6-13(7-3-11)15-16-8-14(9-17-15)12-4-5-12/h2-3,6-9,12H,4-5H2,1H3. The number of rotatable bonds is 3. The Hall–Kier alpha value is -2.03. The maximum atomic E-state index is 11.2. The predicted octanol–water partition coefficient (Wildman–Crippen LogP) is 3.22. The van der Waals surface area contributed by atoms with Crippen LogP contribution in [0, 0.1) is 0 Å². The smallest absolute Gasteiger partial charge is 0.159 e. The van der Waals surface area contributed by atoms with Crippen LogP contribution in [0.5, 0.6) is 0 Å². The molecule has 1 saturated carbocycles. The van der Waals surface area contributed by atoms with Gasteiger partial charge in [0.25, 0.3) is 0 Å². The van der Waals surface area contributed by atoms with Gasteiger partial charge < -0.3 is 0 Å². The van der Waals surface area contributed by atoms with Gasteiger partial charge in [-0.1, -0.05) is 24.3 Å². The quantitative estimate of drug-likeness (QED) is 0.771. The lowest BCUT2D eigenvalue weighted by molar-refractivity contribution is 0.101. The highest BCUT2D eigenvalue weighted by Gasteiger charge is 2.24. The van der Waals surface area contributed by atoms with Crippen molar-refractivity contribution in [2.24, 2.45) is 0 Å². The molecule has 1 heterocycles. The largest absolute Gasteiger partial charge is 0.295 e. The van der Waals surface area contributed by atoms with E-state index in [1.807, 2.05) is 36.7 Å². The fraction of sp³-hybridized carbons (Fsp3) is 0.267. The van der Waals surface area contributed by atoms with Gasteiger partial charge in [0.05, 0.1) is 0 Å². The van der Waals surface area contributed by atoms with Crippen LogP contribution in [-0.2, 0) is 0 Å². The Morgan fingerprint density at radius 3 is 2.22 bits per heavy atom. The van der Waals surface area contributed by atoms with E-state index < -0.39 is 0 Å². The zero-order valence-corrected chi connectivity index (χ0v) is 10.3. The van der Waals surface area contributed by atoms with Gasteiger partial charge in [0.15, 0.2) is 11.6 Å². The van der Waals surface area contributed by atoms with E-state index in [0.29, 0.717) is 11.5 Å². The number of ketones is 1. The second kappa shape index (κ2) is 4.33. The average molecular weight is 238 g/mol. The lowest BCUT2D eigenvalue weighted by Gasteiger charge is -2.02. The van der Waals surface area contributed by atoms with Gasteiger partial charge >= 0.3 is 0 Å². The number of carbonyl (C=O) groups excluding carboxylic acids is 1. The lowest BCUT2D eigenvalue weighted by atomic mass is 10.1. The van der Waals surface area contributed by atoms with Gasteiger partial charge in [0, 0.05) is 23.5 Å². The monoisotopic (exact) mass is 238 g/mol. The van der Waals surface area contributed by atoms with Crippen molar-refractivity contribution < 1.29 is 4.79 Å². The lowest BCUT2D eigenvalue weighted by Crippen LogP contribution is -1.94. The molecule has 1 aromatic carbocycles. The fourth-order valence-electron chi connectivity index (χ4n) is 1.97. The van der Waals surface area contributed by atoms with Crippen molar-refractivity contribution in [1.29, 1.82) is 0 Å². The summed E-state index contributed by atoms with van der Waals surface area (Å²) >= 11 is 0. The first kappa shape index (κ1) is 11.1. The van der Waals surface area contributed by atoms with Crippen LogP contribution in [0.15, 0.2) is 36.7 Å². The van der Waals surface area contributed by atoms with Crippen molar-refractivity contribution in [2.45, 2.75) is 25.7 Å². The maximum absolute atomic E-state index is 11.2. The Kier molecular flexibility index (Phi) is 2.67. The molecule has 1 aromatic heterocycles. The Balaban J connectivity index is 1.86. The average Bonchev–Trinajstić information content (AvgIpc) is 3.23. The molecule has 2 aromatic rings. The first-order valence-corrected chi connectivity index (χ1v) is 6.17. The predicted molar refractivity (Wildman–Crippen MR) is 69.4 cm³/mol. The molecule has 0 saturated heterocycles. The van der Waals surface area contributed by atoms with Crippen LogP contribution in [0.1, 0.15) is 41.6 Å². The Labute approximate surface area is 106 Å². The van der Waals surface area contributed by atoms with E-state index in [-0.39, 0.29) is 5.78 Å². The van der Waals surface area contributed by atoms with E-state index in [2.05, 4.69) is 9.97 Å². The number of hydrogen-bond donors (Lipinski definition) is 0. The van der Waals surface area contributed by atoms with E-state index in [1.165, 1.54) is 18.4 Å². The van der Waals surface area contributed by atoms with Crippen LogP contribution >= 0.6 is 0 Å². The van der Waals surface area contributed by atoms with Gasteiger partial charge in [0.2, 0.25) is 0 Å². The molecule has 0 atom stereocenters. The molecule has 90 valence electrons. The third-order valence-electron chi connectivity index (χ3n) is 3.27. The van der Waals surface area contributed by atoms with Crippen molar-refractivity contribution in [1.82, 2.24) is 9.97 Å². The van der Waals surface area contributed by atoms with E-state index in [4.69, 9.17) is 0 Å². The Bertz CT molecular complexity index is 568. The van der Waals surface area contributed by atoms with Gasteiger partial charge in [-0.15, -0.1) is 0 Å². The molecular weight excluding hydrogens is 224 g/mol. The second-order valence-corrected chi connectivity index (χ2v) is 4.75. The van der Waals surface area contributed by atoms with Gasteiger partial charge in [-0.05, 0) is 31.2 Å². The third-order valence-corrected chi connectivity index (χ3v) is 3.27. The first-order valence-electron chi connectivity index (χ1n) is 6.17. The minimum absolute atomic E-state index is 0.0755. The molecule has 0 radical (unpaired) electrons. The van der Waals surface area contributed by atoms with E-state index in [9.17, 15) is 4.79 Å². The zero-order chi connectivity index (χ0) is 12.5. The molecule has 3 nitrogen and oxygen atoms in total. The molecule has 0 amide bonds. The topological polar surface area (TPSA) is 42.9 Å². The molecule has 3 heteroatoms. The molecule has 1 aliphatic carbocycles. The first-order chi connectivity index (χ1) is 8.74. The van der Waals surface area contributed by atoms with E-state index in [1.54, 1.807) is 6.92 Å². The van der Waals surface area contributed by atoms with Crippen LogP contribution < -0.4 is 0 Å². The highest BCUT2D eigenvalue weighted by Crippen LogP contribution is 2.39. The molecular formula is C15H14N2O. The fourth-order valence-corrected chi connectivity index (χ4v) is 1.97. The molecule has 0 aliphatic heterocycles. The molecule has 0 N–H and O–H groups in total. The van der Waals surface area contributed by atoms with Gasteiger partial charge in [-0.2, -0.15) is 0 Å². The summed E-state index contributed by atoms with van der Waals surface area (Å²) in [4.78, 5) is 20.0. The van der Waals surface area contributed by atoms with Gasteiger partial charge in [-0.25, -0.2) is 9.97 Å². The molecule has 3 rings (SSSR count). The molecule has 1 fully saturated rings. The minimum atomic E-state index is 0.0755. The maximum Gasteiger partial charge on any atom is 0.159 e. The molecule has 18 heavy (non-hydrogen) atoms. The number of aromatic nitrogens is 2. The van der Waals surface area contributed by atoms with Gasteiger partial charge in [0.1, 0.15) is 0 Å². The number of hydrogen-bond acceptors (Lipinski definition) is 3. The summed E-state index contributed by atoms with van der Waals surface area (Å²) in [7, 11) is 0. The molecule has 0 unspecified atom stereocenters. The Morgan fingerprint density at radius 2 is 1.72 bits per heavy atom. The number of benzene rings is 1. The summed E-state index contributed by atoms with van der Waals surface area (Å²) in [6.45, 7) is 1.57. The number of Topliss-reactive ketones (excluding diaryl/α,β-unsaturated/α-hetero) is 1. The molecule has 0 bridgehead atoms.